The molecule has 0 radical (unpaired) electrons. The second-order valence-corrected chi connectivity index (χ2v) is 7.41. The molecule has 18 heavy (non-hydrogen) atoms. The first-order valence-electron chi connectivity index (χ1n) is 7.34. The van der Waals surface area contributed by atoms with E-state index in [-0.39, 0.29) is 0 Å². The molecule has 1 aromatic carbocycles. The van der Waals surface area contributed by atoms with Crippen LogP contribution in [0.5, 0.6) is 0 Å². The Morgan fingerprint density at radius 3 is 2.33 bits per heavy atom. The largest absolute Gasteiger partial charge is 0.0616 e. The predicted octanol–water partition coefficient (Wildman–Crippen LogP) is 5.15. The van der Waals surface area contributed by atoms with Gasteiger partial charge in [-0.1, -0.05) is 59.2 Å². The van der Waals surface area contributed by atoms with Gasteiger partial charge in [0.05, 0.1) is 0 Å². The van der Waals surface area contributed by atoms with Crippen molar-refractivity contribution < 1.29 is 0 Å². The highest BCUT2D eigenvalue weighted by Crippen LogP contribution is 2.50. The topological polar surface area (TPSA) is 0 Å². The van der Waals surface area contributed by atoms with Crippen molar-refractivity contribution in [2.45, 2.75) is 72.1 Å². The molecule has 0 heteroatoms. The van der Waals surface area contributed by atoms with Crippen LogP contribution in [0.25, 0.3) is 0 Å². The molecule has 0 aromatic heterocycles. The lowest BCUT2D eigenvalue weighted by atomic mass is 9.57. The quantitative estimate of drug-likeness (QED) is 0.640. The van der Waals surface area contributed by atoms with E-state index in [9.17, 15) is 0 Å². The standard InChI is InChI=1S/C18H28/c1-8-14-9-12(2)10-15-16(14)17(4,5)11-13(3)18(15,6)7/h9-10,13H,8,11H2,1-7H3. The Balaban J connectivity index is 2.78. The lowest BCUT2D eigenvalue weighted by Crippen LogP contribution is -2.41. The molecule has 2 rings (SSSR count). The lowest BCUT2D eigenvalue weighted by molar-refractivity contribution is 0.232. The van der Waals surface area contributed by atoms with Gasteiger partial charge in [-0.3, -0.25) is 0 Å². The fourth-order valence-electron chi connectivity index (χ4n) is 3.84. The number of benzene rings is 1. The molecule has 0 nitrogen and oxygen atoms in total. The van der Waals surface area contributed by atoms with E-state index in [1.54, 1.807) is 16.7 Å². The molecule has 0 N–H and O–H groups in total. The van der Waals surface area contributed by atoms with E-state index in [1.807, 2.05) is 0 Å². The normalized spacial score (nSPS) is 24.7. The van der Waals surface area contributed by atoms with Gasteiger partial charge in [0.1, 0.15) is 0 Å². The third kappa shape index (κ3) is 1.90. The number of hydrogen-bond acceptors (Lipinski definition) is 0. The van der Waals surface area contributed by atoms with E-state index < -0.39 is 0 Å². The number of fused-ring (bicyclic) bond motifs is 1. The van der Waals surface area contributed by atoms with Crippen LogP contribution in [-0.2, 0) is 17.3 Å². The van der Waals surface area contributed by atoms with Gasteiger partial charge in [0.25, 0.3) is 0 Å². The Morgan fingerprint density at radius 2 is 1.78 bits per heavy atom. The van der Waals surface area contributed by atoms with Crippen molar-refractivity contribution in [2.24, 2.45) is 5.92 Å². The number of rotatable bonds is 1. The number of aryl methyl sites for hydroxylation is 2. The van der Waals surface area contributed by atoms with E-state index in [0.717, 1.165) is 12.3 Å². The molecular weight excluding hydrogens is 216 g/mol. The second-order valence-electron chi connectivity index (χ2n) is 7.41. The molecule has 1 atom stereocenters. The van der Waals surface area contributed by atoms with Crippen molar-refractivity contribution in [1.29, 1.82) is 0 Å². The summed E-state index contributed by atoms with van der Waals surface area (Å²) in [6.07, 6.45) is 2.45. The maximum absolute atomic E-state index is 2.44. The highest BCUT2D eigenvalue weighted by atomic mass is 14.5. The molecule has 0 aliphatic heterocycles. The minimum absolute atomic E-state index is 0.306. The third-order valence-corrected chi connectivity index (χ3v) is 5.16. The van der Waals surface area contributed by atoms with Crippen LogP contribution in [0.2, 0.25) is 0 Å². The molecule has 0 bridgehead atoms. The fourth-order valence-corrected chi connectivity index (χ4v) is 3.84. The summed E-state index contributed by atoms with van der Waals surface area (Å²) in [6, 6.07) is 4.83. The zero-order valence-corrected chi connectivity index (χ0v) is 13.1. The number of hydrogen-bond donors (Lipinski definition) is 0. The lowest BCUT2D eigenvalue weighted by Gasteiger charge is -2.47. The molecule has 1 aliphatic rings. The van der Waals surface area contributed by atoms with Gasteiger partial charge in [-0.15, -0.1) is 0 Å². The zero-order chi connectivity index (χ0) is 13.7. The van der Waals surface area contributed by atoms with Crippen LogP contribution in [0.1, 0.15) is 70.2 Å². The van der Waals surface area contributed by atoms with Crippen molar-refractivity contribution in [2.75, 3.05) is 0 Å². The van der Waals surface area contributed by atoms with Crippen LogP contribution in [-0.4, -0.2) is 0 Å². The highest BCUT2D eigenvalue weighted by molar-refractivity contribution is 5.49. The SMILES string of the molecule is CCc1cc(C)cc2c1C(C)(C)CC(C)C2(C)C. The molecule has 1 aliphatic carbocycles. The summed E-state index contributed by atoms with van der Waals surface area (Å²) in [7, 11) is 0. The van der Waals surface area contributed by atoms with Gasteiger partial charge in [0.15, 0.2) is 0 Å². The van der Waals surface area contributed by atoms with E-state index in [0.29, 0.717) is 10.8 Å². The summed E-state index contributed by atoms with van der Waals surface area (Å²) in [5, 5.41) is 0. The maximum atomic E-state index is 2.44. The van der Waals surface area contributed by atoms with Gasteiger partial charge in [-0.05, 0) is 53.2 Å². The van der Waals surface area contributed by atoms with Crippen molar-refractivity contribution >= 4 is 0 Å². The Labute approximate surface area is 113 Å². The smallest absolute Gasteiger partial charge is 0.00745 e. The van der Waals surface area contributed by atoms with Gasteiger partial charge in [-0.2, -0.15) is 0 Å². The van der Waals surface area contributed by atoms with Gasteiger partial charge in [0, 0.05) is 0 Å². The van der Waals surface area contributed by atoms with Crippen LogP contribution in [0, 0.1) is 12.8 Å². The molecule has 100 valence electrons. The molecule has 1 aromatic rings. The Hall–Kier alpha value is -0.780. The van der Waals surface area contributed by atoms with Gasteiger partial charge < -0.3 is 0 Å². The van der Waals surface area contributed by atoms with Crippen LogP contribution in [0.15, 0.2) is 12.1 Å². The van der Waals surface area contributed by atoms with E-state index >= 15 is 0 Å². The molecule has 1 unspecified atom stereocenters. The molecule has 0 saturated heterocycles. The van der Waals surface area contributed by atoms with E-state index in [4.69, 9.17) is 0 Å². The Bertz CT molecular complexity index is 463. The minimum atomic E-state index is 0.306. The average molecular weight is 244 g/mol. The summed E-state index contributed by atoms with van der Waals surface area (Å²) in [5.41, 5.74) is 6.85. The third-order valence-electron chi connectivity index (χ3n) is 5.16. The van der Waals surface area contributed by atoms with Crippen LogP contribution in [0.3, 0.4) is 0 Å². The average Bonchev–Trinajstić information content (AvgIpc) is 2.25. The maximum Gasteiger partial charge on any atom is -0.00745 e. The van der Waals surface area contributed by atoms with Gasteiger partial charge >= 0.3 is 0 Å². The van der Waals surface area contributed by atoms with Crippen molar-refractivity contribution in [1.82, 2.24) is 0 Å². The molecule has 0 heterocycles. The first-order valence-corrected chi connectivity index (χ1v) is 7.34. The van der Waals surface area contributed by atoms with Crippen molar-refractivity contribution in [3.63, 3.8) is 0 Å². The summed E-state index contributed by atoms with van der Waals surface area (Å²) in [4.78, 5) is 0. The fraction of sp³-hybridized carbons (Fsp3) is 0.667. The first kappa shape index (κ1) is 13.6. The molecule has 0 amide bonds. The van der Waals surface area contributed by atoms with E-state index in [2.05, 4.69) is 60.6 Å². The summed E-state index contributed by atoms with van der Waals surface area (Å²) in [6.45, 7) is 16.6. The minimum Gasteiger partial charge on any atom is -0.0616 e. The zero-order valence-electron chi connectivity index (χ0n) is 13.1. The molecule has 0 saturated carbocycles. The molecule has 0 spiro atoms. The highest BCUT2D eigenvalue weighted by Gasteiger charge is 2.42. The summed E-state index contributed by atoms with van der Waals surface area (Å²) < 4.78 is 0. The molecule has 0 fully saturated rings. The van der Waals surface area contributed by atoms with Crippen LogP contribution in [0.4, 0.5) is 0 Å². The van der Waals surface area contributed by atoms with Crippen LogP contribution >= 0.6 is 0 Å². The van der Waals surface area contributed by atoms with Gasteiger partial charge in [0.2, 0.25) is 0 Å². The van der Waals surface area contributed by atoms with Crippen LogP contribution < -0.4 is 0 Å². The van der Waals surface area contributed by atoms with Crippen molar-refractivity contribution in [3.05, 3.63) is 34.4 Å². The Kier molecular flexibility index (Phi) is 3.12. The Morgan fingerprint density at radius 1 is 1.17 bits per heavy atom. The molecular formula is C18H28. The van der Waals surface area contributed by atoms with Crippen molar-refractivity contribution in [3.8, 4) is 0 Å². The van der Waals surface area contributed by atoms with Gasteiger partial charge in [-0.25, -0.2) is 0 Å². The predicted molar refractivity (Wildman–Crippen MR) is 80.4 cm³/mol. The summed E-state index contributed by atoms with van der Waals surface area (Å²) in [5.74, 6) is 0.742. The van der Waals surface area contributed by atoms with E-state index in [1.165, 1.54) is 12.0 Å². The summed E-state index contributed by atoms with van der Waals surface area (Å²) >= 11 is 0. The second kappa shape index (κ2) is 4.11. The monoisotopic (exact) mass is 244 g/mol. The first-order chi connectivity index (χ1) is 8.20.